The van der Waals surface area contributed by atoms with Gasteiger partial charge in [-0.3, -0.25) is 0 Å². The number of nitrogens with zero attached hydrogens (tertiary/aromatic N) is 2. The Hall–Kier alpha value is -0.870. The van der Waals surface area contributed by atoms with Crippen LogP contribution in [0.15, 0.2) is 6.20 Å². The predicted molar refractivity (Wildman–Crippen MR) is 70.3 cm³/mol. The molecule has 2 rings (SSSR count). The van der Waals surface area contributed by atoms with Crippen LogP contribution in [0.4, 0.5) is 5.95 Å². The summed E-state index contributed by atoms with van der Waals surface area (Å²) in [6.07, 6.45) is 6.83. The lowest BCUT2D eigenvalue weighted by atomic mass is 9.92. The monoisotopic (exact) mass is 254 g/mol. The average Bonchev–Trinajstić information content (AvgIpc) is 2.34. The Morgan fingerprint density at radius 2 is 2.12 bits per heavy atom. The van der Waals surface area contributed by atoms with Crippen LogP contribution in [0, 0.1) is 0 Å². The molecule has 17 heavy (non-hydrogen) atoms. The lowest BCUT2D eigenvalue weighted by Crippen LogP contribution is -2.33. The van der Waals surface area contributed by atoms with Gasteiger partial charge in [-0.2, -0.15) is 0 Å². The number of rotatable bonds is 3. The van der Waals surface area contributed by atoms with Gasteiger partial charge in [0.1, 0.15) is 0 Å². The van der Waals surface area contributed by atoms with Gasteiger partial charge in [0, 0.05) is 12.1 Å². The molecule has 1 fully saturated rings. The van der Waals surface area contributed by atoms with Crippen LogP contribution >= 0.6 is 11.6 Å². The summed E-state index contributed by atoms with van der Waals surface area (Å²) in [6, 6.07) is 0.811. The van der Waals surface area contributed by atoms with Gasteiger partial charge in [-0.1, -0.05) is 18.5 Å². The molecule has 0 spiro atoms. The third-order valence-electron chi connectivity index (χ3n) is 3.26. The van der Waals surface area contributed by atoms with Crippen molar-refractivity contribution in [2.75, 3.05) is 5.32 Å². The lowest BCUT2D eigenvalue weighted by molar-refractivity contribution is 0.410. The molecule has 0 radical (unpaired) electrons. The number of nitrogens with two attached hydrogens (primary N) is 1. The van der Waals surface area contributed by atoms with E-state index in [1.807, 2.05) is 6.92 Å². The highest BCUT2D eigenvalue weighted by molar-refractivity contribution is 6.31. The van der Waals surface area contributed by atoms with Crippen LogP contribution in [0.1, 0.15) is 38.3 Å². The molecule has 0 atom stereocenters. The SMILES string of the molecule is CCc1nc(NC2CCC(N)CC2)ncc1Cl. The molecule has 1 saturated carbocycles. The second kappa shape index (κ2) is 5.65. The Balaban J connectivity index is 1.99. The Bertz CT molecular complexity index is 375. The molecule has 0 bridgehead atoms. The molecule has 0 amide bonds. The van der Waals surface area contributed by atoms with Gasteiger partial charge in [-0.05, 0) is 32.1 Å². The molecule has 0 saturated heterocycles. The first-order valence-electron chi connectivity index (χ1n) is 6.22. The summed E-state index contributed by atoms with van der Waals surface area (Å²) >= 11 is 5.99. The van der Waals surface area contributed by atoms with Gasteiger partial charge in [0.25, 0.3) is 0 Å². The van der Waals surface area contributed by atoms with Gasteiger partial charge in [0.05, 0.1) is 16.9 Å². The number of hydrogen-bond acceptors (Lipinski definition) is 4. The molecule has 1 aliphatic carbocycles. The maximum absolute atomic E-state index is 5.99. The molecule has 3 N–H and O–H groups in total. The van der Waals surface area contributed by atoms with Crippen LogP contribution in [0.3, 0.4) is 0 Å². The van der Waals surface area contributed by atoms with E-state index in [2.05, 4.69) is 15.3 Å². The molecular weight excluding hydrogens is 236 g/mol. The van der Waals surface area contributed by atoms with E-state index in [0.717, 1.165) is 37.8 Å². The maximum atomic E-state index is 5.99. The summed E-state index contributed by atoms with van der Waals surface area (Å²) < 4.78 is 0. The van der Waals surface area contributed by atoms with Crippen LogP contribution in [-0.2, 0) is 6.42 Å². The first kappa shape index (κ1) is 12.6. The van der Waals surface area contributed by atoms with Crippen LogP contribution < -0.4 is 11.1 Å². The summed E-state index contributed by atoms with van der Waals surface area (Å²) in [6.45, 7) is 2.04. The summed E-state index contributed by atoms with van der Waals surface area (Å²) in [5.41, 5.74) is 6.78. The lowest BCUT2D eigenvalue weighted by Gasteiger charge is -2.26. The third kappa shape index (κ3) is 3.30. The van der Waals surface area contributed by atoms with Gasteiger partial charge in [0.2, 0.25) is 5.95 Å². The first-order valence-corrected chi connectivity index (χ1v) is 6.60. The molecule has 1 heterocycles. The zero-order valence-electron chi connectivity index (χ0n) is 10.1. The van der Waals surface area contributed by atoms with Crippen LogP contribution in [0.2, 0.25) is 5.02 Å². The van der Waals surface area contributed by atoms with Gasteiger partial charge < -0.3 is 11.1 Å². The van der Waals surface area contributed by atoms with Crippen molar-refractivity contribution in [3.63, 3.8) is 0 Å². The molecule has 4 nitrogen and oxygen atoms in total. The fourth-order valence-electron chi connectivity index (χ4n) is 2.17. The number of anilines is 1. The van der Waals surface area contributed by atoms with Crippen molar-refractivity contribution in [3.05, 3.63) is 16.9 Å². The van der Waals surface area contributed by atoms with Crippen LogP contribution in [0.5, 0.6) is 0 Å². The molecule has 0 aromatic carbocycles. The van der Waals surface area contributed by atoms with Crippen LogP contribution in [0.25, 0.3) is 0 Å². The van der Waals surface area contributed by atoms with E-state index < -0.39 is 0 Å². The van der Waals surface area contributed by atoms with Crippen molar-refractivity contribution in [2.24, 2.45) is 5.73 Å². The highest BCUT2D eigenvalue weighted by atomic mass is 35.5. The zero-order chi connectivity index (χ0) is 12.3. The highest BCUT2D eigenvalue weighted by Gasteiger charge is 2.19. The van der Waals surface area contributed by atoms with Gasteiger partial charge in [-0.25, -0.2) is 9.97 Å². The first-order chi connectivity index (χ1) is 8.19. The predicted octanol–water partition coefficient (Wildman–Crippen LogP) is 2.37. The summed E-state index contributed by atoms with van der Waals surface area (Å²) in [5, 5.41) is 4.01. The maximum Gasteiger partial charge on any atom is 0.223 e. The van der Waals surface area contributed by atoms with E-state index in [0.29, 0.717) is 23.1 Å². The van der Waals surface area contributed by atoms with Crippen molar-refractivity contribution in [1.29, 1.82) is 0 Å². The van der Waals surface area contributed by atoms with Crippen molar-refractivity contribution in [1.82, 2.24) is 9.97 Å². The summed E-state index contributed by atoms with van der Waals surface area (Å²) in [4.78, 5) is 8.63. The molecule has 1 aliphatic rings. The second-order valence-corrected chi connectivity index (χ2v) is 5.01. The molecule has 0 unspecified atom stereocenters. The van der Waals surface area contributed by atoms with E-state index >= 15 is 0 Å². The van der Waals surface area contributed by atoms with Gasteiger partial charge >= 0.3 is 0 Å². The van der Waals surface area contributed by atoms with Gasteiger partial charge in [0.15, 0.2) is 0 Å². The average molecular weight is 255 g/mol. The second-order valence-electron chi connectivity index (χ2n) is 4.60. The van der Waals surface area contributed by atoms with Crippen molar-refractivity contribution < 1.29 is 0 Å². The Kier molecular flexibility index (Phi) is 4.18. The minimum Gasteiger partial charge on any atom is -0.351 e. The minimum atomic E-state index is 0.366. The van der Waals surface area contributed by atoms with E-state index in [1.165, 1.54) is 0 Å². The largest absolute Gasteiger partial charge is 0.351 e. The van der Waals surface area contributed by atoms with Crippen molar-refractivity contribution in [3.8, 4) is 0 Å². The van der Waals surface area contributed by atoms with E-state index in [9.17, 15) is 0 Å². The summed E-state index contributed by atoms with van der Waals surface area (Å²) in [5.74, 6) is 0.687. The van der Waals surface area contributed by atoms with Crippen molar-refractivity contribution in [2.45, 2.75) is 51.1 Å². The van der Waals surface area contributed by atoms with Gasteiger partial charge in [-0.15, -0.1) is 0 Å². The molecule has 1 aromatic rings. The summed E-state index contributed by atoms with van der Waals surface area (Å²) in [7, 11) is 0. The Labute approximate surface area is 107 Å². The van der Waals surface area contributed by atoms with Crippen LogP contribution in [-0.4, -0.2) is 22.1 Å². The zero-order valence-corrected chi connectivity index (χ0v) is 10.9. The number of aromatic nitrogens is 2. The molecular formula is C12H19ClN4. The topological polar surface area (TPSA) is 63.8 Å². The van der Waals surface area contributed by atoms with E-state index in [1.54, 1.807) is 6.20 Å². The third-order valence-corrected chi connectivity index (χ3v) is 3.57. The normalized spacial score (nSPS) is 24.6. The Morgan fingerprint density at radius 3 is 2.76 bits per heavy atom. The number of halogens is 1. The molecule has 1 aromatic heterocycles. The number of hydrogen-bond donors (Lipinski definition) is 2. The fraction of sp³-hybridized carbons (Fsp3) is 0.667. The quantitative estimate of drug-likeness (QED) is 0.869. The Morgan fingerprint density at radius 1 is 1.41 bits per heavy atom. The number of nitrogens with one attached hydrogen (secondary N) is 1. The molecule has 94 valence electrons. The fourth-order valence-corrected chi connectivity index (χ4v) is 2.39. The minimum absolute atomic E-state index is 0.366. The smallest absolute Gasteiger partial charge is 0.223 e. The van der Waals surface area contributed by atoms with E-state index in [4.69, 9.17) is 17.3 Å². The van der Waals surface area contributed by atoms with Crippen molar-refractivity contribution >= 4 is 17.5 Å². The standard InChI is InChI=1S/C12H19ClN4/c1-2-11-10(13)7-15-12(17-11)16-9-5-3-8(14)4-6-9/h7-9H,2-6,14H2,1H3,(H,15,16,17). The number of aryl methyl sites for hydroxylation is 1. The molecule has 0 aliphatic heterocycles. The molecule has 5 heteroatoms. The van der Waals surface area contributed by atoms with E-state index in [-0.39, 0.29) is 0 Å². The highest BCUT2D eigenvalue weighted by Crippen LogP contribution is 2.21.